The Morgan fingerprint density at radius 1 is 1.05 bits per heavy atom. The lowest BCUT2D eigenvalue weighted by atomic mass is 10.2. The van der Waals surface area contributed by atoms with Crippen LogP contribution >= 0.6 is 23.2 Å². The topological polar surface area (TPSA) is 58.2 Å². The maximum atomic E-state index is 11.8. The van der Waals surface area contributed by atoms with Gasteiger partial charge < -0.3 is 5.32 Å². The van der Waals surface area contributed by atoms with Crippen LogP contribution in [-0.2, 0) is 10.0 Å². The van der Waals surface area contributed by atoms with Crippen LogP contribution in [0.5, 0.6) is 0 Å². The van der Waals surface area contributed by atoms with Crippen LogP contribution in [-0.4, -0.2) is 26.3 Å². The summed E-state index contributed by atoms with van der Waals surface area (Å²) in [4.78, 5) is 0. The third kappa shape index (κ3) is 6.32. The van der Waals surface area contributed by atoms with Gasteiger partial charge in [-0.2, -0.15) is 0 Å². The highest BCUT2D eigenvalue weighted by atomic mass is 35.5. The van der Waals surface area contributed by atoms with Gasteiger partial charge in [-0.25, -0.2) is 13.1 Å². The summed E-state index contributed by atoms with van der Waals surface area (Å²) in [6.45, 7) is 6.33. The minimum Gasteiger partial charge on any atom is -0.384 e. The van der Waals surface area contributed by atoms with E-state index in [1.807, 2.05) is 6.07 Å². The van der Waals surface area contributed by atoms with Crippen molar-refractivity contribution < 1.29 is 8.42 Å². The van der Waals surface area contributed by atoms with Gasteiger partial charge in [0.25, 0.3) is 0 Å². The largest absolute Gasteiger partial charge is 0.384 e. The van der Waals surface area contributed by atoms with Crippen molar-refractivity contribution in [1.82, 2.24) is 4.72 Å². The fourth-order valence-electron chi connectivity index (χ4n) is 1.71. The molecule has 0 saturated carbocycles. The molecule has 0 radical (unpaired) electrons. The zero-order valence-electron chi connectivity index (χ0n) is 13.2. The number of nitrogens with one attached hydrogen (secondary N) is 2. The van der Waals surface area contributed by atoms with Gasteiger partial charge in [-0.1, -0.05) is 29.6 Å². The second-order valence-corrected chi connectivity index (χ2v) is 9.49. The Labute approximate surface area is 143 Å². The number of rotatable bonds is 8. The number of sulfonamides is 1. The van der Waals surface area contributed by atoms with Crippen LogP contribution in [0.4, 0.5) is 5.69 Å². The predicted molar refractivity (Wildman–Crippen MR) is 95.5 cm³/mol. The molecule has 0 atom stereocenters. The van der Waals surface area contributed by atoms with E-state index in [1.165, 1.54) is 0 Å². The van der Waals surface area contributed by atoms with Crippen LogP contribution in [0, 0.1) is 0 Å². The molecule has 126 valence electrons. The number of hydrogen-bond donors (Lipinski definition) is 2. The van der Waals surface area contributed by atoms with Crippen molar-refractivity contribution in [3.05, 3.63) is 28.2 Å². The molecule has 0 fully saturated rings. The van der Waals surface area contributed by atoms with Crippen molar-refractivity contribution in [3.63, 3.8) is 0 Å². The molecule has 22 heavy (non-hydrogen) atoms. The standard InChI is InChI=1S/C15H24Cl2N2O2S/c1-15(2,3)22(20,21)19-10-6-4-5-9-18-14-8-7-12(16)11-13(14)17/h7-8,11,18-19H,4-6,9-10H2,1-3H3. The first-order valence-corrected chi connectivity index (χ1v) is 9.55. The van der Waals surface area contributed by atoms with E-state index >= 15 is 0 Å². The van der Waals surface area contributed by atoms with Gasteiger partial charge in [0.2, 0.25) is 10.0 Å². The molecular formula is C15H24Cl2N2O2S. The molecule has 0 heterocycles. The van der Waals surface area contributed by atoms with E-state index in [4.69, 9.17) is 23.2 Å². The molecule has 2 N–H and O–H groups in total. The molecule has 0 saturated heterocycles. The van der Waals surface area contributed by atoms with Crippen LogP contribution in [0.25, 0.3) is 0 Å². The highest BCUT2D eigenvalue weighted by molar-refractivity contribution is 7.90. The molecule has 1 rings (SSSR count). The van der Waals surface area contributed by atoms with E-state index in [1.54, 1.807) is 32.9 Å². The van der Waals surface area contributed by atoms with E-state index in [-0.39, 0.29) is 0 Å². The highest BCUT2D eigenvalue weighted by Gasteiger charge is 2.27. The molecule has 1 aromatic rings. The maximum absolute atomic E-state index is 11.8. The van der Waals surface area contributed by atoms with Crippen LogP contribution < -0.4 is 10.0 Å². The summed E-state index contributed by atoms with van der Waals surface area (Å²) < 4.78 is 25.6. The summed E-state index contributed by atoms with van der Waals surface area (Å²) in [6.07, 6.45) is 2.69. The number of halogens is 2. The zero-order chi connectivity index (χ0) is 16.8. The number of benzene rings is 1. The second kappa shape index (κ2) is 8.39. The zero-order valence-corrected chi connectivity index (χ0v) is 15.6. The van der Waals surface area contributed by atoms with Crippen LogP contribution in [0.2, 0.25) is 10.0 Å². The Bertz CT molecular complexity index is 584. The monoisotopic (exact) mass is 366 g/mol. The van der Waals surface area contributed by atoms with Gasteiger partial charge in [0.05, 0.1) is 15.5 Å². The minimum atomic E-state index is -3.24. The SMILES string of the molecule is CC(C)(C)S(=O)(=O)NCCCCCNc1ccc(Cl)cc1Cl. The first kappa shape index (κ1) is 19.6. The molecule has 0 bridgehead atoms. The molecule has 1 aromatic carbocycles. The normalized spacial score (nSPS) is 12.4. The summed E-state index contributed by atoms with van der Waals surface area (Å²) >= 11 is 11.9. The lowest BCUT2D eigenvalue weighted by molar-refractivity contribution is 0.540. The Balaban J connectivity index is 2.19. The molecule has 0 spiro atoms. The van der Waals surface area contributed by atoms with Crippen molar-refractivity contribution >= 4 is 38.9 Å². The predicted octanol–water partition coefficient (Wildman–Crippen LogP) is 4.29. The number of hydrogen-bond acceptors (Lipinski definition) is 3. The van der Waals surface area contributed by atoms with Gasteiger partial charge in [-0.3, -0.25) is 0 Å². The first-order chi connectivity index (χ1) is 10.1. The number of anilines is 1. The van der Waals surface area contributed by atoms with E-state index < -0.39 is 14.8 Å². The first-order valence-electron chi connectivity index (χ1n) is 7.31. The average Bonchev–Trinajstić information content (AvgIpc) is 2.38. The number of unbranched alkanes of at least 4 members (excludes halogenated alkanes) is 2. The Morgan fingerprint density at radius 3 is 2.27 bits per heavy atom. The van der Waals surface area contributed by atoms with Gasteiger partial charge >= 0.3 is 0 Å². The van der Waals surface area contributed by atoms with Crippen molar-refractivity contribution in [2.75, 3.05) is 18.4 Å². The van der Waals surface area contributed by atoms with Crippen molar-refractivity contribution in [1.29, 1.82) is 0 Å². The molecule has 0 amide bonds. The third-order valence-corrected chi connectivity index (χ3v) is 5.94. The second-order valence-electron chi connectivity index (χ2n) is 6.12. The van der Waals surface area contributed by atoms with Crippen LogP contribution in [0.1, 0.15) is 40.0 Å². The Kier molecular flexibility index (Phi) is 7.46. The molecular weight excluding hydrogens is 343 g/mol. The van der Waals surface area contributed by atoms with E-state index in [9.17, 15) is 8.42 Å². The molecule has 0 unspecified atom stereocenters. The van der Waals surface area contributed by atoms with E-state index in [0.29, 0.717) is 16.6 Å². The van der Waals surface area contributed by atoms with Gasteiger partial charge in [-0.05, 0) is 51.8 Å². The molecule has 0 aromatic heterocycles. The smallest absolute Gasteiger partial charge is 0.216 e. The van der Waals surface area contributed by atoms with Gasteiger partial charge in [-0.15, -0.1) is 0 Å². The fourth-order valence-corrected chi connectivity index (χ4v) is 3.03. The quantitative estimate of drug-likeness (QED) is 0.674. The van der Waals surface area contributed by atoms with Crippen LogP contribution in [0.3, 0.4) is 0 Å². The summed E-state index contributed by atoms with van der Waals surface area (Å²) in [5, 5.41) is 4.46. The Hall–Kier alpha value is -0.490. The van der Waals surface area contributed by atoms with E-state index in [0.717, 1.165) is 31.5 Å². The van der Waals surface area contributed by atoms with Crippen molar-refractivity contribution in [2.45, 2.75) is 44.8 Å². The molecule has 7 heteroatoms. The van der Waals surface area contributed by atoms with Crippen LogP contribution in [0.15, 0.2) is 18.2 Å². The molecule has 0 aliphatic rings. The van der Waals surface area contributed by atoms with Gasteiger partial charge in [0.15, 0.2) is 0 Å². The lowest BCUT2D eigenvalue weighted by Crippen LogP contribution is -2.39. The van der Waals surface area contributed by atoms with Crippen molar-refractivity contribution in [2.24, 2.45) is 0 Å². The fraction of sp³-hybridized carbons (Fsp3) is 0.600. The highest BCUT2D eigenvalue weighted by Crippen LogP contribution is 2.25. The average molecular weight is 367 g/mol. The minimum absolute atomic E-state index is 0.474. The van der Waals surface area contributed by atoms with Gasteiger partial charge in [0.1, 0.15) is 0 Å². The third-order valence-electron chi connectivity index (χ3n) is 3.20. The molecule has 0 aliphatic heterocycles. The molecule has 0 aliphatic carbocycles. The Morgan fingerprint density at radius 2 is 1.68 bits per heavy atom. The summed E-state index contributed by atoms with van der Waals surface area (Å²) in [5.74, 6) is 0. The van der Waals surface area contributed by atoms with Gasteiger partial charge in [0, 0.05) is 18.1 Å². The summed E-state index contributed by atoms with van der Waals surface area (Å²) in [7, 11) is -3.24. The summed E-state index contributed by atoms with van der Waals surface area (Å²) in [6, 6.07) is 5.34. The summed E-state index contributed by atoms with van der Waals surface area (Å²) in [5.41, 5.74) is 0.861. The van der Waals surface area contributed by atoms with E-state index in [2.05, 4.69) is 10.0 Å². The lowest BCUT2D eigenvalue weighted by Gasteiger charge is -2.19. The molecule has 4 nitrogen and oxygen atoms in total. The van der Waals surface area contributed by atoms with Crippen molar-refractivity contribution in [3.8, 4) is 0 Å². The maximum Gasteiger partial charge on any atom is 0.216 e.